The van der Waals surface area contributed by atoms with Gasteiger partial charge >= 0.3 is 0 Å². The number of nitrogens with zero attached hydrogens (tertiary/aromatic N) is 1. The Kier molecular flexibility index (Phi) is 3.99. The minimum Gasteiger partial charge on any atom is -0.455 e. The van der Waals surface area contributed by atoms with Crippen molar-refractivity contribution in [1.29, 1.82) is 0 Å². The summed E-state index contributed by atoms with van der Waals surface area (Å²) in [6, 6.07) is 46.6. The molecule has 0 fully saturated rings. The third-order valence-electron chi connectivity index (χ3n) is 9.54. The van der Waals surface area contributed by atoms with Crippen LogP contribution in [0.25, 0.3) is 103 Å². The van der Waals surface area contributed by atoms with E-state index < -0.39 is 0 Å². The second kappa shape index (κ2) is 7.71. The summed E-state index contributed by atoms with van der Waals surface area (Å²) in [4.78, 5) is 0. The van der Waals surface area contributed by atoms with Gasteiger partial charge in [-0.3, -0.25) is 0 Å². The van der Waals surface area contributed by atoms with Gasteiger partial charge in [-0.15, -0.1) is 11.3 Å². The molecule has 0 radical (unpaired) electrons. The smallest absolute Gasteiger partial charge is 0.145 e. The van der Waals surface area contributed by atoms with Crippen LogP contribution in [0, 0.1) is 0 Å². The molecule has 0 spiro atoms. The molecule has 0 amide bonds. The van der Waals surface area contributed by atoms with E-state index in [1.807, 2.05) is 17.4 Å². The van der Waals surface area contributed by atoms with E-state index in [2.05, 4.69) is 126 Å². The van der Waals surface area contributed by atoms with Crippen LogP contribution < -0.4 is 0 Å². The monoisotopic (exact) mass is 563 g/mol. The SMILES string of the molecule is c1ccc2c(c1)oc1c2ccc2c1c1ccccc1n2-c1ccc2c3c(cccc13)-c1ccc3sc4ccccc4c3c1-2. The number of para-hydroxylation sites is 2. The number of aromatic nitrogens is 1. The van der Waals surface area contributed by atoms with Crippen molar-refractivity contribution in [3.63, 3.8) is 0 Å². The summed E-state index contributed by atoms with van der Waals surface area (Å²) < 4.78 is 11.7. The zero-order chi connectivity index (χ0) is 27.8. The lowest BCUT2D eigenvalue weighted by atomic mass is 9.98. The van der Waals surface area contributed by atoms with Gasteiger partial charge in [0.2, 0.25) is 0 Å². The lowest BCUT2D eigenvalue weighted by Gasteiger charge is -2.13. The number of furan rings is 1. The van der Waals surface area contributed by atoms with Crippen LogP contribution >= 0.6 is 11.3 Å². The van der Waals surface area contributed by atoms with E-state index in [0.717, 1.165) is 27.5 Å². The molecule has 1 aliphatic carbocycles. The largest absolute Gasteiger partial charge is 0.455 e. The van der Waals surface area contributed by atoms with Crippen LogP contribution in [0.3, 0.4) is 0 Å². The van der Waals surface area contributed by atoms with E-state index in [-0.39, 0.29) is 0 Å². The molecule has 0 aliphatic heterocycles. The number of thiophene rings is 1. The quantitative estimate of drug-likeness (QED) is 0.194. The Morgan fingerprint density at radius 3 is 2.19 bits per heavy atom. The number of hydrogen-bond acceptors (Lipinski definition) is 2. The Morgan fingerprint density at radius 2 is 1.23 bits per heavy atom. The van der Waals surface area contributed by atoms with Gasteiger partial charge in [0, 0.05) is 41.7 Å². The van der Waals surface area contributed by atoms with Gasteiger partial charge < -0.3 is 8.98 Å². The van der Waals surface area contributed by atoms with Gasteiger partial charge in [0.15, 0.2) is 0 Å². The van der Waals surface area contributed by atoms with Gasteiger partial charge in [-0.25, -0.2) is 0 Å². The molecule has 198 valence electrons. The Labute approximate surface area is 249 Å². The van der Waals surface area contributed by atoms with Crippen LogP contribution in [0.15, 0.2) is 132 Å². The first-order chi connectivity index (χ1) is 21.3. The lowest BCUT2D eigenvalue weighted by molar-refractivity contribution is 0.673. The van der Waals surface area contributed by atoms with Crippen molar-refractivity contribution < 1.29 is 4.42 Å². The van der Waals surface area contributed by atoms with Crippen LogP contribution in [0.1, 0.15) is 0 Å². The second-order valence-corrected chi connectivity index (χ2v) is 12.7. The van der Waals surface area contributed by atoms with Gasteiger partial charge in [0.05, 0.1) is 22.1 Å². The predicted octanol–water partition coefficient (Wildman–Crippen LogP) is 11.9. The summed E-state index contributed by atoms with van der Waals surface area (Å²) >= 11 is 1.89. The average Bonchev–Trinajstić information content (AvgIpc) is 3.79. The van der Waals surface area contributed by atoms with Gasteiger partial charge in [-0.2, -0.15) is 0 Å². The zero-order valence-electron chi connectivity index (χ0n) is 22.9. The second-order valence-electron chi connectivity index (χ2n) is 11.6. The zero-order valence-corrected chi connectivity index (χ0v) is 23.7. The first kappa shape index (κ1) is 22.2. The molecule has 7 aromatic carbocycles. The van der Waals surface area contributed by atoms with Crippen molar-refractivity contribution in [3.8, 4) is 27.9 Å². The maximum Gasteiger partial charge on any atom is 0.145 e. The van der Waals surface area contributed by atoms with Crippen LogP contribution in [0.5, 0.6) is 0 Å². The third kappa shape index (κ3) is 2.65. The van der Waals surface area contributed by atoms with Gasteiger partial charge in [-0.05, 0) is 70.1 Å². The molecule has 3 heteroatoms. The fourth-order valence-electron chi connectivity index (χ4n) is 7.83. The van der Waals surface area contributed by atoms with Crippen LogP contribution in [-0.4, -0.2) is 4.57 Å². The molecular formula is C40H21NOS. The molecule has 43 heavy (non-hydrogen) atoms. The molecule has 3 aromatic heterocycles. The summed E-state index contributed by atoms with van der Waals surface area (Å²) in [5, 5.41) is 10.0. The van der Waals surface area contributed by atoms with Gasteiger partial charge in [-0.1, -0.05) is 84.9 Å². The number of benzene rings is 7. The van der Waals surface area contributed by atoms with Crippen molar-refractivity contribution in [2.24, 2.45) is 0 Å². The van der Waals surface area contributed by atoms with Crippen LogP contribution in [-0.2, 0) is 0 Å². The van der Waals surface area contributed by atoms with Gasteiger partial charge in [0.1, 0.15) is 11.2 Å². The standard InChI is InChI=1S/C40H21NOS/c1-4-13-30-27(9-1)38-32(20-16-25-22-8-2-5-14-33(22)42-40(25)38)41(30)31-19-17-29-36-23(11-7-12-26(31)36)24-18-21-35-39(37(24)29)28-10-3-6-15-34(28)43-35/h1-21H. The Morgan fingerprint density at radius 1 is 0.442 bits per heavy atom. The van der Waals surface area contributed by atoms with E-state index in [9.17, 15) is 0 Å². The number of fused-ring (bicyclic) bond motifs is 14. The fourth-order valence-corrected chi connectivity index (χ4v) is 8.95. The van der Waals surface area contributed by atoms with Crippen molar-refractivity contribution in [3.05, 3.63) is 127 Å². The molecule has 0 N–H and O–H groups in total. The first-order valence-electron chi connectivity index (χ1n) is 14.7. The third-order valence-corrected chi connectivity index (χ3v) is 10.7. The molecule has 11 rings (SSSR count). The fraction of sp³-hybridized carbons (Fsp3) is 0. The first-order valence-corrected chi connectivity index (χ1v) is 15.5. The molecule has 1 aliphatic rings. The summed E-state index contributed by atoms with van der Waals surface area (Å²) in [6.45, 7) is 0. The molecule has 0 atom stereocenters. The summed E-state index contributed by atoms with van der Waals surface area (Å²) in [5.74, 6) is 0. The van der Waals surface area contributed by atoms with Crippen molar-refractivity contribution in [2.45, 2.75) is 0 Å². The lowest BCUT2D eigenvalue weighted by Crippen LogP contribution is -1.95. The maximum absolute atomic E-state index is 6.56. The highest BCUT2D eigenvalue weighted by Gasteiger charge is 2.27. The molecule has 10 aromatic rings. The summed E-state index contributed by atoms with van der Waals surface area (Å²) in [7, 11) is 0. The molecule has 0 saturated carbocycles. The van der Waals surface area contributed by atoms with Crippen molar-refractivity contribution >= 4 is 86.0 Å². The topological polar surface area (TPSA) is 18.1 Å². The maximum atomic E-state index is 6.56. The minimum atomic E-state index is 0.928. The molecule has 0 saturated heterocycles. The Hall–Kier alpha value is -5.38. The van der Waals surface area contributed by atoms with Crippen LogP contribution in [0.2, 0.25) is 0 Å². The number of rotatable bonds is 1. The average molecular weight is 564 g/mol. The summed E-state index contributed by atoms with van der Waals surface area (Å²) in [5.41, 5.74) is 10.8. The number of hydrogen-bond donors (Lipinski definition) is 0. The molecule has 0 bridgehead atoms. The normalized spacial score (nSPS) is 12.7. The van der Waals surface area contributed by atoms with Crippen molar-refractivity contribution in [2.75, 3.05) is 0 Å². The van der Waals surface area contributed by atoms with Crippen molar-refractivity contribution in [1.82, 2.24) is 4.57 Å². The molecule has 2 nitrogen and oxygen atoms in total. The summed E-state index contributed by atoms with van der Waals surface area (Å²) in [6.07, 6.45) is 0. The highest BCUT2D eigenvalue weighted by Crippen LogP contribution is 2.54. The minimum absolute atomic E-state index is 0.928. The van der Waals surface area contributed by atoms with Crippen LogP contribution in [0.4, 0.5) is 0 Å². The highest BCUT2D eigenvalue weighted by molar-refractivity contribution is 7.26. The molecular weight excluding hydrogens is 543 g/mol. The highest BCUT2D eigenvalue weighted by atomic mass is 32.1. The van der Waals surface area contributed by atoms with E-state index in [1.165, 1.54) is 75.2 Å². The van der Waals surface area contributed by atoms with E-state index >= 15 is 0 Å². The van der Waals surface area contributed by atoms with E-state index in [4.69, 9.17) is 4.42 Å². The predicted molar refractivity (Wildman–Crippen MR) is 183 cm³/mol. The van der Waals surface area contributed by atoms with E-state index in [0.29, 0.717) is 0 Å². The molecule has 3 heterocycles. The van der Waals surface area contributed by atoms with E-state index in [1.54, 1.807) is 0 Å². The Bertz CT molecular complexity index is 2840. The Balaban J connectivity index is 1.27. The van der Waals surface area contributed by atoms with Gasteiger partial charge in [0.25, 0.3) is 0 Å². The molecule has 0 unspecified atom stereocenters.